The third kappa shape index (κ3) is 2.53. The van der Waals surface area contributed by atoms with Gasteiger partial charge in [0.25, 0.3) is 0 Å². The maximum absolute atomic E-state index is 10.0. The van der Waals surface area contributed by atoms with Crippen LogP contribution in [0, 0.1) is 20.8 Å². The van der Waals surface area contributed by atoms with Gasteiger partial charge in [-0.2, -0.15) is 0 Å². The van der Waals surface area contributed by atoms with Gasteiger partial charge in [-0.05, 0) is 48.4 Å². The van der Waals surface area contributed by atoms with Gasteiger partial charge in [0.1, 0.15) is 5.75 Å². The van der Waals surface area contributed by atoms with E-state index < -0.39 is 0 Å². The molecule has 0 radical (unpaired) electrons. The Morgan fingerprint density at radius 3 is 1.87 bits per heavy atom. The third-order valence-corrected chi connectivity index (χ3v) is 2.93. The van der Waals surface area contributed by atoms with Gasteiger partial charge >= 0.3 is 0 Å². The monoisotopic (exact) mass is 208 g/mol. The molecule has 0 aromatic heterocycles. The molecule has 0 aliphatic carbocycles. The van der Waals surface area contributed by atoms with Crippen LogP contribution in [0.5, 0.6) is 5.75 Å². The van der Waals surface area contributed by atoms with Crippen molar-refractivity contribution >= 4 is 0 Å². The van der Waals surface area contributed by atoms with Crippen molar-refractivity contribution in [3.8, 4) is 5.75 Å². The number of rotatable bonds is 0. The summed E-state index contributed by atoms with van der Waals surface area (Å²) in [7, 11) is 0. The minimum atomic E-state index is 0. The zero-order valence-corrected chi connectivity index (χ0v) is 10.0. The molecule has 1 N–H and O–H groups in total. The van der Waals surface area contributed by atoms with E-state index in [0.29, 0.717) is 5.75 Å². The van der Waals surface area contributed by atoms with E-state index in [1.807, 2.05) is 6.92 Å². The fourth-order valence-corrected chi connectivity index (χ4v) is 1.64. The molecule has 0 spiro atoms. The highest BCUT2D eigenvalue weighted by Gasteiger charge is 2.20. The Kier molecular flexibility index (Phi) is 3.98. The first-order valence-electron chi connectivity index (χ1n) is 5.05. The van der Waals surface area contributed by atoms with Gasteiger partial charge in [0, 0.05) is 0 Å². The highest BCUT2D eigenvalue weighted by Crippen LogP contribution is 2.35. The highest BCUT2D eigenvalue weighted by atomic mass is 16.3. The molecule has 0 fully saturated rings. The Bertz CT molecular complexity index is 357. The average molecular weight is 208 g/mol. The molecule has 0 aliphatic heterocycles. The van der Waals surface area contributed by atoms with Crippen LogP contribution in [0.15, 0.2) is 6.07 Å². The van der Waals surface area contributed by atoms with Gasteiger partial charge in [0.15, 0.2) is 0 Å². The Hall–Kier alpha value is -0.980. The van der Waals surface area contributed by atoms with E-state index in [-0.39, 0.29) is 12.8 Å². The predicted octanol–water partition coefficient (Wildman–Crippen LogP) is 4.25. The minimum Gasteiger partial charge on any atom is -0.507 e. The van der Waals surface area contributed by atoms with E-state index in [0.717, 1.165) is 11.1 Å². The van der Waals surface area contributed by atoms with Gasteiger partial charge in [-0.3, -0.25) is 0 Å². The molecule has 1 aromatic rings. The van der Waals surface area contributed by atoms with Crippen LogP contribution >= 0.6 is 0 Å². The quantitative estimate of drug-likeness (QED) is 0.675. The van der Waals surface area contributed by atoms with E-state index >= 15 is 0 Å². The third-order valence-electron chi connectivity index (χ3n) is 2.93. The lowest BCUT2D eigenvalue weighted by Crippen LogP contribution is -2.12. The molecule has 1 rings (SSSR count). The molecule has 0 heterocycles. The number of phenolic OH excluding ortho intramolecular Hbond substituents is 1. The minimum absolute atomic E-state index is 0. The van der Waals surface area contributed by atoms with Crippen molar-refractivity contribution in [2.45, 2.75) is 54.4 Å². The fraction of sp³-hybridized carbons (Fsp3) is 0.571. The summed E-state index contributed by atoms with van der Waals surface area (Å²) in [5.41, 5.74) is 4.50. The maximum Gasteiger partial charge on any atom is 0.122 e. The summed E-state index contributed by atoms with van der Waals surface area (Å²) < 4.78 is 0. The SMILES string of the molecule is C.Cc1cc(C(C)(C)C)c(O)c(C)c1C. The summed E-state index contributed by atoms with van der Waals surface area (Å²) in [4.78, 5) is 0. The second kappa shape index (κ2) is 4.26. The first-order chi connectivity index (χ1) is 6.25. The van der Waals surface area contributed by atoms with Crippen LogP contribution in [0.4, 0.5) is 0 Å². The lowest BCUT2D eigenvalue weighted by Gasteiger charge is -2.23. The molecular weight excluding hydrogens is 184 g/mol. The molecular formula is C14H24O. The summed E-state index contributed by atoms with van der Waals surface area (Å²) in [5, 5.41) is 10.0. The van der Waals surface area contributed by atoms with E-state index in [9.17, 15) is 5.11 Å². The molecule has 0 unspecified atom stereocenters. The van der Waals surface area contributed by atoms with Crippen LogP contribution in [-0.2, 0) is 5.41 Å². The summed E-state index contributed by atoms with van der Waals surface area (Å²) in [5.74, 6) is 0.459. The Labute approximate surface area is 94.2 Å². The average Bonchev–Trinajstić information content (AvgIpc) is 2.06. The zero-order chi connectivity index (χ0) is 11.1. The standard InChI is InChI=1S/C13H20O.CH4/c1-8-7-11(13(4,5)6)12(14)10(3)9(8)2;/h7,14H,1-6H3;1H4. The van der Waals surface area contributed by atoms with Gasteiger partial charge in [0.05, 0.1) is 0 Å². The second-order valence-electron chi connectivity index (χ2n) is 5.09. The number of phenols is 1. The lowest BCUT2D eigenvalue weighted by atomic mass is 9.83. The van der Waals surface area contributed by atoms with Crippen molar-refractivity contribution in [3.05, 3.63) is 28.3 Å². The van der Waals surface area contributed by atoms with Crippen molar-refractivity contribution in [2.24, 2.45) is 0 Å². The largest absolute Gasteiger partial charge is 0.507 e. The van der Waals surface area contributed by atoms with Crippen molar-refractivity contribution < 1.29 is 5.11 Å². The first-order valence-corrected chi connectivity index (χ1v) is 5.05. The molecule has 0 saturated heterocycles. The number of aryl methyl sites for hydroxylation is 1. The Balaban J connectivity index is 0.00000196. The molecule has 0 saturated carbocycles. The number of benzene rings is 1. The summed E-state index contributed by atoms with van der Waals surface area (Å²) in [6.45, 7) is 12.5. The number of aromatic hydroxyl groups is 1. The summed E-state index contributed by atoms with van der Waals surface area (Å²) in [6, 6.07) is 2.09. The smallest absolute Gasteiger partial charge is 0.122 e. The van der Waals surface area contributed by atoms with Gasteiger partial charge in [-0.1, -0.05) is 34.3 Å². The number of hydrogen-bond donors (Lipinski definition) is 1. The molecule has 1 aromatic carbocycles. The van der Waals surface area contributed by atoms with Crippen LogP contribution in [0.25, 0.3) is 0 Å². The molecule has 1 heteroatoms. The van der Waals surface area contributed by atoms with Gasteiger partial charge in [-0.25, -0.2) is 0 Å². The molecule has 0 atom stereocenters. The molecule has 0 aliphatic rings. The predicted molar refractivity (Wildman–Crippen MR) is 67.7 cm³/mol. The molecule has 1 nitrogen and oxygen atoms in total. The van der Waals surface area contributed by atoms with Gasteiger partial charge in [-0.15, -0.1) is 0 Å². The van der Waals surface area contributed by atoms with Crippen LogP contribution in [0.3, 0.4) is 0 Å². The summed E-state index contributed by atoms with van der Waals surface area (Å²) in [6.07, 6.45) is 0. The fourth-order valence-electron chi connectivity index (χ4n) is 1.64. The lowest BCUT2D eigenvalue weighted by molar-refractivity contribution is 0.442. The van der Waals surface area contributed by atoms with E-state index in [4.69, 9.17) is 0 Å². The van der Waals surface area contributed by atoms with Crippen LogP contribution in [0.1, 0.15) is 50.5 Å². The summed E-state index contributed by atoms with van der Waals surface area (Å²) >= 11 is 0. The van der Waals surface area contributed by atoms with Crippen LogP contribution in [0.2, 0.25) is 0 Å². The number of hydrogen-bond acceptors (Lipinski definition) is 1. The van der Waals surface area contributed by atoms with Gasteiger partial charge in [0.2, 0.25) is 0 Å². The van der Waals surface area contributed by atoms with Crippen molar-refractivity contribution in [2.75, 3.05) is 0 Å². The van der Waals surface area contributed by atoms with Crippen molar-refractivity contribution in [1.29, 1.82) is 0 Å². The van der Waals surface area contributed by atoms with E-state index in [1.165, 1.54) is 11.1 Å². The van der Waals surface area contributed by atoms with E-state index in [1.54, 1.807) is 0 Å². The van der Waals surface area contributed by atoms with Crippen molar-refractivity contribution in [3.63, 3.8) is 0 Å². The Morgan fingerprint density at radius 1 is 1.00 bits per heavy atom. The molecule has 0 bridgehead atoms. The Morgan fingerprint density at radius 2 is 1.47 bits per heavy atom. The first kappa shape index (κ1) is 14.0. The van der Waals surface area contributed by atoms with Gasteiger partial charge < -0.3 is 5.11 Å². The topological polar surface area (TPSA) is 20.2 Å². The van der Waals surface area contributed by atoms with Crippen molar-refractivity contribution in [1.82, 2.24) is 0 Å². The zero-order valence-electron chi connectivity index (χ0n) is 10.0. The molecule has 86 valence electrons. The highest BCUT2D eigenvalue weighted by molar-refractivity contribution is 5.50. The van der Waals surface area contributed by atoms with E-state index in [2.05, 4.69) is 40.7 Å². The molecule has 15 heavy (non-hydrogen) atoms. The molecule has 0 amide bonds. The second-order valence-corrected chi connectivity index (χ2v) is 5.09. The maximum atomic E-state index is 10.0. The van der Waals surface area contributed by atoms with Crippen LogP contribution in [-0.4, -0.2) is 5.11 Å². The normalized spacial score (nSPS) is 11.1. The van der Waals surface area contributed by atoms with Crippen LogP contribution < -0.4 is 0 Å².